The highest BCUT2D eigenvalue weighted by molar-refractivity contribution is 7.11. The molecule has 1 N–H and O–H groups in total. The molecule has 0 spiro atoms. The second-order valence-corrected chi connectivity index (χ2v) is 11.1. The van der Waals surface area contributed by atoms with Gasteiger partial charge in [-0.3, -0.25) is 4.79 Å². The molecule has 0 aliphatic carbocycles. The highest BCUT2D eigenvalue weighted by Gasteiger charge is 2.23. The molecule has 39 heavy (non-hydrogen) atoms. The van der Waals surface area contributed by atoms with Crippen molar-refractivity contribution in [2.24, 2.45) is 0 Å². The number of benzene rings is 2. The van der Waals surface area contributed by atoms with Gasteiger partial charge in [-0.05, 0) is 74.6 Å². The molecule has 8 heteroatoms. The molecule has 1 aromatic heterocycles. The minimum atomic E-state index is -0.249. The van der Waals surface area contributed by atoms with Crippen molar-refractivity contribution in [1.29, 1.82) is 0 Å². The summed E-state index contributed by atoms with van der Waals surface area (Å²) in [6, 6.07) is 15.6. The van der Waals surface area contributed by atoms with E-state index in [-0.39, 0.29) is 18.5 Å². The summed E-state index contributed by atoms with van der Waals surface area (Å²) in [5.41, 5.74) is 3.84. The predicted molar refractivity (Wildman–Crippen MR) is 159 cm³/mol. The Hall–Kier alpha value is -3.52. The smallest absolute Gasteiger partial charge is 0.322 e. The molecule has 7 nitrogen and oxygen atoms in total. The van der Waals surface area contributed by atoms with Crippen molar-refractivity contribution in [2.75, 3.05) is 39.2 Å². The van der Waals surface area contributed by atoms with E-state index in [1.165, 1.54) is 4.88 Å². The topological polar surface area (TPSA) is 71.1 Å². The summed E-state index contributed by atoms with van der Waals surface area (Å²) in [6.07, 6.45) is 2.40. The van der Waals surface area contributed by atoms with Gasteiger partial charge < -0.3 is 24.6 Å². The number of nitrogens with one attached hydrogen (secondary N) is 1. The van der Waals surface area contributed by atoms with E-state index in [9.17, 15) is 9.59 Å². The summed E-state index contributed by atoms with van der Waals surface area (Å²) >= 11 is 1.69. The number of hydrogen-bond acceptors (Lipinski definition) is 5. The molecule has 3 rings (SSSR count). The van der Waals surface area contributed by atoms with Crippen LogP contribution in [-0.4, -0.2) is 55.6 Å². The van der Waals surface area contributed by atoms with E-state index in [0.717, 1.165) is 40.1 Å². The number of aryl methyl sites for hydroxylation is 3. The number of para-hydroxylation sites is 1. The van der Waals surface area contributed by atoms with E-state index < -0.39 is 0 Å². The van der Waals surface area contributed by atoms with E-state index in [2.05, 4.69) is 31.3 Å². The number of ether oxygens (including phenoxy) is 2. The lowest BCUT2D eigenvalue weighted by Crippen LogP contribution is -2.45. The van der Waals surface area contributed by atoms with Crippen molar-refractivity contribution in [1.82, 2.24) is 9.80 Å². The van der Waals surface area contributed by atoms with E-state index in [1.807, 2.05) is 55.1 Å². The van der Waals surface area contributed by atoms with Crippen molar-refractivity contribution in [3.63, 3.8) is 0 Å². The molecular weight excluding hydrogens is 510 g/mol. The van der Waals surface area contributed by atoms with E-state index in [1.54, 1.807) is 30.5 Å². The van der Waals surface area contributed by atoms with Crippen molar-refractivity contribution in [2.45, 2.75) is 53.5 Å². The van der Waals surface area contributed by atoms with Gasteiger partial charge in [0.15, 0.2) is 11.5 Å². The maximum Gasteiger partial charge on any atom is 0.322 e. The third-order valence-corrected chi connectivity index (χ3v) is 7.71. The third-order valence-electron chi connectivity index (χ3n) is 6.72. The zero-order chi connectivity index (χ0) is 28.4. The molecule has 0 radical (unpaired) electrons. The summed E-state index contributed by atoms with van der Waals surface area (Å²) < 4.78 is 10.8. The summed E-state index contributed by atoms with van der Waals surface area (Å²) in [5, 5.41) is 3.06. The zero-order valence-electron chi connectivity index (χ0n) is 24.0. The molecule has 1 heterocycles. The van der Waals surface area contributed by atoms with Crippen LogP contribution in [0.3, 0.4) is 0 Å². The fourth-order valence-electron chi connectivity index (χ4n) is 4.41. The van der Waals surface area contributed by atoms with Crippen LogP contribution >= 0.6 is 11.3 Å². The van der Waals surface area contributed by atoms with Crippen LogP contribution in [0, 0.1) is 20.8 Å². The summed E-state index contributed by atoms with van der Waals surface area (Å²) in [6.45, 7) is 9.66. The Morgan fingerprint density at radius 2 is 1.62 bits per heavy atom. The first-order valence-electron chi connectivity index (χ1n) is 13.4. The van der Waals surface area contributed by atoms with Crippen LogP contribution in [0.5, 0.6) is 11.5 Å². The standard InChI is InChI=1S/C31H41N3O4S/c1-7-8-17-34(31(36)32-30-22(2)10-9-11-23(30)3)21-29(35)33(20-26-14-12-24(4)39-26)18-16-25-13-15-27(37-5)28(19-25)38-6/h9-15,19H,7-8,16-18,20-21H2,1-6H3,(H,32,36). The molecule has 0 aliphatic rings. The van der Waals surface area contributed by atoms with Gasteiger partial charge in [-0.25, -0.2) is 4.79 Å². The van der Waals surface area contributed by atoms with Crippen LogP contribution in [0.2, 0.25) is 0 Å². The van der Waals surface area contributed by atoms with Gasteiger partial charge in [0.25, 0.3) is 0 Å². The molecule has 0 saturated heterocycles. The Morgan fingerprint density at radius 1 is 0.897 bits per heavy atom. The number of thiophene rings is 1. The number of rotatable bonds is 13. The summed E-state index contributed by atoms with van der Waals surface area (Å²) in [5.74, 6) is 1.26. The molecule has 0 atom stereocenters. The van der Waals surface area contributed by atoms with Gasteiger partial charge >= 0.3 is 6.03 Å². The average molecular weight is 552 g/mol. The average Bonchev–Trinajstić information content (AvgIpc) is 3.34. The van der Waals surface area contributed by atoms with Crippen LogP contribution < -0.4 is 14.8 Å². The largest absolute Gasteiger partial charge is 0.493 e. The number of unbranched alkanes of at least 4 members (excludes halogenated alkanes) is 1. The number of nitrogens with zero attached hydrogens (tertiary/aromatic N) is 2. The van der Waals surface area contributed by atoms with Crippen molar-refractivity contribution >= 4 is 29.0 Å². The molecule has 0 saturated carbocycles. The Morgan fingerprint density at radius 3 is 2.23 bits per heavy atom. The first-order valence-corrected chi connectivity index (χ1v) is 14.2. The fraction of sp³-hybridized carbons (Fsp3) is 0.419. The monoisotopic (exact) mass is 551 g/mol. The molecule has 3 amide bonds. The van der Waals surface area contributed by atoms with Gasteiger partial charge in [0, 0.05) is 28.5 Å². The lowest BCUT2D eigenvalue weighted by Gasteiger charge is -2.28. The number of urea groups is 1. The summed E-state index contributed by atoms with van der Waals surface area (Å²) in [7, 11) is 3.23. The van der Waals surface area contributed by atoms with Gasteiger partial charge in [-0.1, -0.05) is 37.6 Å². The van der Waals surface area contributed by atoms with Crippen LogP contribution in [0.4, 0.5) is 10.5 Å². The Kier molecular flexibility index (Phi) is 11.2. The third kappa shape index (κ3) is 8.48. The maximum atomic E-state index is 13.7. The molecular formula is C31H41N3O4S. The molecule has 0 unspecified atom stereocenters. The van der Waals surface area contributed by atoms with E-state index in [0.29, 0.717) is 37.6 Å². The second-order valence-electron chi connectivity index (χ2n) is 9.74. The number of hydrogen-bond donors (Lipinski definition) is 1. The molecule has 0 bridgehead atoms. The van der Waals surface area contributed by atoms with E-state index >= 15 is 0 Å². The predicted octanol–water partition coefficient (Wildman–Crippen LogP) is 6.60. The zero-order valence-corrected chi connectivity index (χ0v) is 24.8. The first kappa shape index (κ1) is 30.0. The first-order chi connectivity index (χ1) is 18.7. The fourth-order valence-corrected chi connectivity index (χ4v) is 5.32. The maximum absolute atomic E-state index is 13.7. The van der Waals surface area contributed by atoms with Crippen LogP contribution in [0.1, 0.15) is 46.2 Å². The Bertz CT molecular complexity index is 1240. The minimum absolute atomic E-state index is 0.0209. The normalized spacial score (nSPS) is 10.7. The van der Waals surface area contributed by atoms with Crippen molar-refractivity contribution < 1.29 is 19.1 Å². The van der Waals surface area contributed by atoms with Crippen LogP contribution in [0.25, 0.3) is 0 Å². The van der Waals surface area contributed by atoms with Gasteiger partial charge in [-0.15, -0.1) is 11.3 Å². The highest BCUT2D eigenvalue weighted by atomic mass is 32.1. The number of amides is 3. The Labute approximate surface area is 236 Å². The van der Waals surface area contributed by atoms with Crippen molar-refractivity contribution in [3.8, 4) is 11.5 Å². The lowest BCUT2D eigenvalue weighted by atomic mass is 10.1. The Balaban J connectivity index is 1.78. The molecule has 2 aromatic carbocycles. The molecule has 210 valence electrons. The number of anilines is 1. The molecule has 0 aliphatic heterocycles. The van der Waals surface area contributed by atoms with Crippen molar-refractivity contribution in [3.05, 3.63) is 75.0 Å². The minimum Gasteiger partial charge on any atom is -0.493 e. The molecule has 3 aromatic rings. The van der Waals surface area contributed by atoms with E-state index in [4.69, 9.17) is 9.47 Å². The summed E-state index contributed by atoms with van der Waals surface area (Å²) in [4.78, 5) is 32.9. The van der Waals surface area contributed by atoms with Gasteiger partial charge in [0.1, 0.15) is 6.54 Å². The number of methoxy groups -OCH3 is 2. The van der Waals surface area contributed by atoms with Gasteiger partial charge in [0.2, 0.25) is 5.91 Å². The number of carbonyl (C=O) groups excluding carboxylic acids is 2. The van der Waals surface area contributed by atoms with Crippen LogP contribution in [0.15, 0.2) is 48.5 Å². The van der Waals surface area contributed by atoms with Crippen LogP contribution in [-0.2, 0) is 17.8 Å². The number of carbonyl (C=O) groups is 2. The van der Waals surface area contributed by atoms with Gasteiger partial charge in [-0.2, -0.15) is 0 Å². The van der Waals surface area contributed by atoms with Gasteiger partial charge in [0.05, 0.1) is 20.8 Å². The lowest BCUT2D eigenvalue weighted by molar-refractivity contribution is -0.132. The highest BCUT2D eigenvalue weighted by Crippen LogP contribution is 2.28. The quantitative estimate of drug-likeness (QED) is 0.260. The molecule has 0 fully saturated rings. The SMILES string of the molecule is CCCCN(CC(=O)N(CCc1ccc(OC)c(OC)c1)Cc1ccc(C)s1)C(=O)Nc1c(C)cccc1C. The second kappa shape index (κ2) is 14.6.